The van der Waals surface area contributed by atoms with E-state index in [4.69, 9.17) is 4.74 Å². The molecule has 0 unspecified atom stereocenters. The fourth-order valence-electron chi connectivity index (χ4n) is 1.44. The van der Waals surface area contributed by atoms with Crippen LogP contribution in [0.25, 0.3) is 0 Å². The maximum Gasteiger partial charge on any atom is 0.435 e. The molecule has 0 atom stereocenters. The summed E-state index contributed by atoms with van der Waals surface area (Å²) in [5.74, 6) is 0.455. The minimum Gasteiger partial charge on any atom is -0.378 e. The van der Waals surface area contributed by atoms with Gasteiger partial charge in [0.05, 0.1) is 13.2 Å². The highest BCUT2D eigenvalue weighted by Crippen LogP contribution is 2.27. The number of hydrogen-bond donors (Lipinski definition) is 0. The first kappa shape index (κ1) is 11.1. The zero-order valence-corrected chi connectivity index (χ0v) is 8.37. The Bertz CT molecular complexity index is 346. The monoisotopic (exact) mass is 233 g/mol. The van der Waals surface area contributed by atoms with Crippen LogP contribution in [0.5, 0.6) is 0 Å². The average Bonchev–Trinajstić information content (AvgIpc) is 2.29. The number of morpholine rings is 1. The molecule has 7 heteroatoms. The highest BCUT2D eigenvalue weighted by Gasteiger charge is 2.33. The summed E-state index contributed by atoms with van der Waals surface area (Å²) in [4.78, 5) is 1.84. The molecule has 1 aliphatic heterocycles. The Morgan fingerprint density at radius 2 is 1.81 bits per heavy atom. The lowest BCUT2D eigenvalue weighted by molar-refractivity contribution is -0.141. The Morgan fingerprint density at radius 3 is 2.31 bits per heavy atom. The first-order chi connectivity index (χ1) is 7.57. The van der Waals surface area contributed by atoms with Crippen molar-refractivity contribution in [1.82, 2.24) is 10.2 Å². The van der Waals surface area contributed by atoms with Crippen LogP contribution >= 0.6 is 0 Å². The predicted octanol–water partition coefficient (Wildman–Crippen LogP) is 1.33. The van der Waals surface area contributed by atoms with E-state index in [2.05, 4.69) is 10.2 Å². The van der Waals surface area contributed by atoms with E-state index in [-0.39, 0.29) is 0 Å². The molecule has 0 aromatic carbocycles. The maximum absolute atomic E-state index is 12.2. The summed E-state index contributed by atoms with van der Waals surface area (Å²) in [5.41, 5.74) is -0.968. The van der Waals surface area contributed by atoms with Crippen LogP contribution < -0.4 is 4.90 Å². The Kier molecular flexibility index (Phi) is 2.95. The van der Waals surface area contributed by atoms with Gasteiger partial charge in [0.1, 0.15) is 0 Å². The molecule has 4 nitrogen and oxygen atoms in total. The van der Waals surface area contributed by atoms with E-state index in [1.807, 2.05) is 4.90 Å². The molecule has 88 valence electrons. The van der Waals surface area contributed by atoms with E-state index in [9.17, 15) is 13.2 Å². The van der Waals surface area contributed by atoms with Crippen molar-refractivity contribution in [3.05, 3.63) is 17.8 Å². The van der Waals surface area contributed by atoms with E-state index in [1.54, 1.807) is 0 Å². The van der Waals surface area contributed by atoms with E-state index < -0.39 is 11.9 Å². The number of anilines is 1. The zero-order chi connectivity index (χ0) is 11.6. The molecule has 0 amide bonds. The van der Waals surface area contributed by atoms with Crippen LogP contribution in [-0.2, 0) is 10.9 Å². The van der Waals surface area contributed by atoms with Gasteiger partial charge in [-0.2, -0.15) is 13.2 Å². The molecular weight excluding hydrogens is 223 g/mol. The molecule has 0 saturated carbocycles. The van der Waals surface area contributed by atoms with Crippen molar-refractivity contribution in [3.8, 4) is 0 Å². The van der Waals surface area contributed by atoms with Crippen molar-refractivity contribution in [2.24, 2.45) is 0 Å². The van der Waals surface area contributed by atoms with Crippen LogP contribution in [0.1, 0.15) is 5.69 Å². The van der Waals surface area contributed by atoms with E-state index in [0.717, 1.165) is 6.07 Å². The third-order valence-electron chi connectivity index (χ3n) is 2.28. The van der Waals surface area contributed by atoms with Gasteiger partial charge in [-0.05, 0) is 12.1 Å². The van der Waals surface area contributed by atoms with Gasteiger partial charge in [0, 0.05) is 13.1 Å². The summed E-state index contributed by atoms with van der Waals surface area (Å²) in [7, 11) is 0. The van der Waals surface area contributed by atoms with Crippen LogP contribution in [0.3, 0.4) is 0 Å². The van der Waals surface area contributed by atoms with E-state index in [1.165, 1.54) is 6.07 Å². The lowest BCUT2D eigenvalue weighted by Crippen LogP contribution is -2.37. The number of aromatic nitrogens is 2. The molecule has 0 aliphatic carbocycles. The van der Waals surface area contributed by atoms with Crippen molar-refractivity contribution in [2.45, 2.75) is 6.18 Å². The van der Waals surface area contributed by atoms with Crippen LogP contribution in [-0.4, -0.2) is 36.5 Å². The molecular formula is C9H10F3N3O. The van der Waals surface area contributed by atoms with Crippen LogP contribution in [0, 0.1) is 0 Å². The number of alkyl halides is 3. The average molecular weight is 233 g/mol. The van der Waals surface area contributed by atoms with Crippen LogP contribution in [0.15, 0.2) is 12.1 Å². The number of ether oxygens (including phenoxy) is 1. The Morgan fingerprint density at radius 1 is 1.12 bits per heavy atom. The van der Waals surface area contributed by atoms with Gasteiger partial charge in [-0.25, -0.2) is 0 Å². The zero-order valence-electron chi connectivity index (χ0n) is 8.37. The third kappa shape index (κ3) is 2.41. The van der Waals surface area contributed by atoms with Crippen molar-refractivity contribution in [1.29, 1.82) is 0 Å². The highest BCUT2D eigenvalue weighted by molar-refractivity contribution is 5.37. The van der Waals surface area contributed by atoms with Gasteiger partial charge in [-0.1, -0.05) is 0 Å². The topological polar surface area (TPSA) is 38.2 Å². The molecule has 2 rings (SSSR count). The largest absolute Gasteiger partial charge is 0.435 e. The maximum atomic E-state index is 12.2. The fraction of sp³-hybridized carbons (Fsp3) is 0.556. The minimum atomic E-state index is -4.43. The highest BCUT2D eigenvalue weighted by atomic mass is 19.4. The van der Waals surface area contributed by atoms with Gasteiger partial charge in [0.25, 0.3) is 0 Å². The first-order valence-electron chi connectivity index (χ1n) is 4.81. The summed E-state index contributed by atoms with van der Waals surface area (Å²) in [6, 6.07) is 2.28. The van der Waals surface area contributed by atoms with Crippen molar-refractivity contribution < 1.29 is 17.9 Å². The van der Waals surface area contributed by atoms with Gasteiger partial charge in [0.2, 0.25) is 0 Å². The van der Waals surface area contributed by atoms with Gasteiger partial charge >= 0.3 is 6.18 Å². The lowest BCUT2D eigenvalue weighted by atomic mass is 10.3. The Hall–Kier alpha value is -1.37. The summed E-state index contributed by atoms with van der Waals surface area (Å²) in [6.45, 7) is 2.37. The molecule has 1 aromatic heterocycles. The first-order valence-corrected chi connectivity index (χ1v) is 4.81. The van der Waals surface area contributed by atoms with Crippen LogP contribution in [0.4, 0.5) is 19.0 Å². The Balaban J connectivity index is 2.12. The summed E-state index contributed by atoms with van der Waals surface area (Å²) in [5, 5.41) is 6.74. The quantitative estimate of drug-likeness (QED) is 0.733. The molecule has 1 saturated heterocycles. The second kappa shape index (κ2) is 4.25. The normalized spacial score (nSPS) is 17.6. The number of nitrogens with zero attached hydrogens (tertiary/aromatic N) is 3. The number of halogens is 3. The number of rotatable bonds is 1. The lowest BCUT2D eigenvalue weighted by Gasteiger charge is -2.27. The van der Waals surface area contributed by atoms with Gasteiger partial charge in [-0.15, -0.1) is 10.2 Å². The SMILES string of the molecule is FC(F)(F)c1ccc(N2CCOCC2)nn1. The molecule has 1 fully saturated rings. The fourth-order valence-corrected chi connectivity index (χ4v) is 1.44. The van der Waals surface area contributed by atoms with Gasteiger partial charge < -0.3 is 9.64 Å². The summed E-state index contributed by atoms with van der Waals surface area (Å²) >= 11 is 0. The predicted molar refractivity (Wildman–Crippen MR) is 50.1 cm³/mol. The standard InChI is InChI=1S/C9H10F3N3O/c10-9(11,12)7-1-2-8(14-13-7)15-3-5-16-6-4-15/h1-2H,3-6H2. The molecule has 0 N–H and O–H groups in total. The summed E-state index contributed by atoms with van der Waals surface area (Å²) in [6.07, 6.45) is -4.43. The third-order valence-corrected chi connectivity index (χ3v) is 2.28. The van der Waals surface area contributed by atoms with E-state index in [0.29, 0.717) is 32.1 Å². The molecule has 0 spiro atoms. The van der Waals surface area contributed by atoms with E-state index >= 15 is 0 Å². The van der Waals surface area contributed by atoms with Crippen molar-refractivity contribution in [3.63, 3.8) is 0 Å². The molecule has 1 aliphatic rings. The van der Waals surface area contributed by atoms with Gasteiger partial charge in [-0.3, -0.25) is 0 Å². The van der Waals surface area contributed by atoms with Crippen LogP contribution in [0.2, 0.25) is 0 Å². The Labute approximate surface area is 90.0 Å². The molecule has 2 heterocycles. The van der Waals surface area contributed by atoms with Crippen molar-refractivity contribution in [2.75, 3.05) is 31.2 Å². The molecule has 0 bridgehead atoms. The van der Waals surface area contributed by atoms with Gasteiger partial charge in [0.15, 0.2) is 11.5 Å². The molecule has 1 aromatic rings. The second-order valence-electron chi connectivity index (χ2n) is 3.37. The van der Waals surface area contributed by atoms with Crippen molar-refractivity contribution >= 4 is 5.82 Å². The smallest absolute Gasteiger partial charge is 0.378 e. The minimum absolute atomic E-state index is 0.455. The molecule has 16 heavy (non-hydrogen) atoms. The summed E-state index contributed by atoms with van der Waals surface area (Å²) < 4.78 is 41.8. The molecule has 0 radical (unpaired) electrons. The number of hydrogen-bond acceptors (Lipinski definition) is 4. The second-order valence-corrected chi connectivity index (χ2v) is 3.37.